The molecule has 2 amide bonds. The number of nitrogens with one attached hydrogen (secondary N) is 1. The number of ether oxygens (including phenoxy) is 2. The van der Waals surface area contributed by atoms with Crippen molar-refractivity contribution in [2.75, 3.05) is 19.1 Å². The maximum Gasteiger partial charge on any atom is 0.408 e. The van der Waals surface area contributed by atoms with E-state index >= 15 is 0 Å². The zero-order valence-corrected chi connectivity index (χ0v) is 19.5. The van der Waals surface area contributed by atoms with Crippen LogP contribution in [0, 0.1) is 3.57 Å². The monoisotopic (exact) mass is 510 g/mol. The van der Waals surface area contributed by atoms with Crippen molar-refractivity contribution in [3.05, 3.63) is 57.7 Å². The zero-order chi connectivity index (χ0) is 21.6. The lowest BCUT2D eigenvalue weighted by Crippen LogP contribution is -2.50. The molecule has 0 bridgehead atoms. The van der Waals surface area contributed by atoms with Crippen molar-refractivity contribution in [3.8, 4) is 5.75 Å². The first kappa shape index (κ1) is 23.0. The number of halogens is 1. The van der Waals surface area contributed by atoms with E-state index < -0.39 is 17.7 Å². The van der Waals surface area contributed by atoms with E-state index in [1.807, 2.05) is 24.3 Å². The third-order valence-corrected chi connectivity index (χ3v) is 4.78. The number of benzene rings is 2. The number of nitrogens with zero attached hydrogens (tertiary/aromatic N) is 1. The number of carbonyl (C=O) groups excluding carboxylic acids is 2. The van der Waals surface area contributed by atoms with Gasteiger partial charge in [-0.1, -0.05) is 12.1 Å². The van der Waals surface area contributed by atoms with Crippen molar-refractivity contribution in [3.63, 3.8) is 0 Å². The fourth-order valence-corrected chi connectivity index (χ4v) is 3.32. The molecule has 1 unspecified atom stereocenters. The van der Waals surface area contributed by atoms with Crippen LogP contribution >= 0.6 is 22.6 Å². The number of rotatable bonds is 6. The van der Waals surface area contributed by atoms with Gasteiger partial charge < -0.3 is 19.7 Å². The summed E-state index contributed by atoms with van der Waals surface area (Å²) in [6.07, 6.45) is -0.264. The zero-order valence-electron chi connectivity index (χ0n) is 17.4. The molecule has 2 aromatic rings. The predicted molar refractivity (Wildman–Crippen MR) is 122 cm³/mol. The highest BCUT2D eigenvalue weighted by atomic mass is 127. The second-order valence-corrected chi connectivity index (χ2v) is 8.87. The van der Waals surface area contributed by atoms with Crippen LogP contribution in [-0.4, -0.2) is 37.8 Å². The third kappa shape index (κ3) is 7.23. The van der Waals surface area contributed by atoms with Gasteiger partial charge in [0.1, 0.15) is 17.4 Å². The number of carbonyl (C=O) groups is 2. The van der Waals surface area contributed by atoms with E-state index in [9.17, 15) is 9.59 Å². The molecule has 0 aromatic heterocycles. The number of hydrogen-bond donors (Lipinski definition) is 1. The van der Waals surface area contributed by atoms with Gasteiger partial charge in [-0.25, -0.2) is 4.79 Å². The van der Waals surface area contributed by atoms with Crippen molar-refractivity contribution in [1.29, 1.82) is 0 Å². The summed E-state index contributed by atoms with van der Waals surface area (Å²) in [5, 5.41) is 2.73. The van der Waals surface area contributed by atoms with Crippen LogP contribution in [0.5, 0.6) is 5.75 Å². The smallest absolute Gasteiger partial charge is 0.408 e. The van der Waals surface area contributed by atoms with Gasteiger partial charge in [-0.3, -0.25) is 4.79 Å². The lowest BCUT2D eigenvalue weighted by molar-refractivity contribution is -0.120. The quantitative estimate of drug-likeness (QED) is 0.586. The van der Waals surface area contributed by atoms with Crippen LogP contribution in [0.2, 0.25) is 0 Å². The van der Waals surface area contributed by atoms with Crippen LogP contribution in [0.25, 0.3) is 0 Å². The summed E-state index contributed by atoms with van der Waals surface area (Å²) < 4.78 is 11.6. The molecule has 0 heterocycles. The average molecular weight is 510 g/mol. The molecule has 2 rings (SSSR count). The summed E-state index contributed by atoms with van der Waals surface area (Å²) >= 11 is 2.22. The molecule has 0 fully saturated rings. The average Bonchev–Trinajstić information content (AvgIpc) is 2.65. The van der Waals surface area contributed by atoms with Crippen molar-refractivity contribution in [2.24, 2.45) is 0 Å². The van der Waals surface area contributed by atoms with Gasteiger partial charge in [0.2, 0.25) is 5.91 Å². The number of likely N-dealkylation sites (N-methyl/N-ethyl adjacent to an activating group) is 1. The Balaban J connectivity index is 2.23. The molecule has 29 heavy (non-hydrogen) atoms. The highest BCUT2D eigenvalue weighted by Gasteiger charge is 2.27. The molecule has 0 saturated carbocycles. The first-order chi connectivity index (χ1) is 13.6. The minimum atomic E-state index is -0.768. The summed E-state index contributed by atoms with van der Waals surface area (Å²) in [6, 6.07) is 14.2. The van der Waals surface area contributed by atoms with Crippen LogP contribution in [-0.2, 0) is 16.0 Å². The standard InChI is InChI=1S/C22H27IN2O4/c1-22(2,3)29-21(27)24-19(14-15-7-6-8-16(23)13-15)20(26)25(4)17-9-11-18(28-5)12-10-17/h6-13,19H,14H2,1-5H3,(H,24,27). The summed E-state index contributed by atoms with van der Waals surface area (Å²) in [5.74, 6) is 0.469. The van der Waals surface area contributed by atoms with E-state index in [-0.39, 0.29) is 5.91 Å². The minimum absolute atomic E-state index is 0.236. The van der Waals surface area contributed by atoms with Crippen molar-refractivity contribution in [2.45, 2.75) is 38.8 Å². The van der Waals surface area contributed by atoms with Gasteiger partial charge in [0.05, 0.1) is 7.11 Å². The molecule has 6 nitrogen and oxygen atoms in total. The Labute approximate surface area is 185 Å². The summed E-state index contributed by atoms with van der Waals surface area (Å²) in [4.78, 5) is 27.1. The fourth-order valence-electron chi connectivity index (χ4n) is 2.72. The Bertz CT molecular complexity index is 847. The Hall–Kier alpha value is -2.29. The molecule has 7 heteroatoms. The molecule has 1 N–H and O–H groups in total. The summed E-state index contributed by atoms with van der Waals surface area (Å²) in [5.41, 5.74) is 1.01. The van der Waals surface area contributed by atoms with Crippen LogP contribution in [0.3, 0.4) is 0 Å². The molecular weight excluding hydrogens is 483 g/mol. The molecular formula is C22H27IN2O4. The molecule has 2 aromatic carbocycles. The predicted octanol–water partition coefficient (Wildman–Crippen LogP) is 4.40. The van der Waals surface area contributed by atoms with E-state index in [0.717, 1.165) is 9.13 Å². The van der Waals surface area contributed by atoms with Crippen molar-refractivity contribution in [1.82, 2.24) is 5.32 Å². The van der Waals surface area contributed by atoms with E-state index in [0.29, 0.717) is 17.9 Å². The molecule has 0 saturated heterocycles. The van der Waals surface area contributed by atoms with Crippen LogP contribution in [0.4, 0.5) is 10.5 Å². The van der Waals surface area contributed by atoms with Crippen molar-refractivity contribution < 1.29 is 19.1 Å². The third-order valence-electron chi connectivity index (χ3n) is 4.11. The molecule has 1 atom stereocenters. The number of methoxy groups -OCH3 is 1. The number of anilines is 1. The van der Waals surface area contributed by atoms with Gasteiger partial charge >= 0.3 is 6.09 Å². The lowest BCUT2D eigenvalue weighted by Gasteiger charge is -2.27. The van der Waals surface area contributed by atoms with Crippen LogP contribution in [0.15, 0.2) is 48.5 Å². The van der Waals surface area contributed by atoms with E-state index in [4.69, 9.17) is 9.47 Å². The molecule has 0 aliphatic rings. The van der Waals surface area contributed by atoms with Gasteiger partial charge in [0.15, 0.2) is 0 Å². The Morgan fingerprint density at radius 1 is 1.14 bits per heavy atom. The van der Waals surface area contributed by atoms with Crippen LogP contribution in [0.1, 0.15) is 26.3 Å². The topological polar surface area (TPSA) is 67.9 Å². The second kappa shape index (κ2) is 9.96. The lowest BCUT2D eigenvalue weighted by atomic mass is 10.0. The van der Waals surface area contributed by atoms with E-state index in [1.165, 1.54) is 4.90 Å². The normalized spacial score (nSPS) is 12.1. The van der Waals surface area contributed by atoms with E-state index in [2.05, 4.69) is 27.9 Å². The second-order valence-electron chi connectivity index (χ2n) is 7.63. The Kier molecular flexibility index (Phi) is 7.89. The van der Waals surface area contributed by atoms with Crippen molar-refractivity contribution >= 4 is 40.3 Å². The van der Waals surface area contributed by atoms with Gasteiger partial charge in [-0.05, 0) is 85.3 Å². The first-order valence-corrected chi connectivity index (χ1v) is 10.3. The Morgan fingerprint density at radius 2 is 1.79 bits per heavy atom. The van der Waals surface area contributed by atoms with Gasteiger partial charge in [0, 0.05) is 22.7 Å². The fraction of sp³-hybridized carbons (Fsp3) is 0.364. The molecule has 156 valence electrons. The molecule has 0 radical (unpaired) electrons. The number of hydrogen-bond acceptors (Lipinski definition) is 4. The largest absolute Gasteiger partial charge is 0.497 e. The van der Waals surface area contributed by atoms with Gasteiger partial charge in [-0.15, -0.1) is 0 Å². The molecule has 0 aliphatic heterocycles. The molecule has 0 aliphatic carbocycles. The van der Waals surface area contributed by atoms with Gasteiger partial charge in [0.25, 0.3) is 0 Å². The van der Waals surface area contributed by atoms with E-state index in [1.54, 1.807) is 59.2 Å². The molecule has 0 spiro atoms. The number of alkyl carbamates (subject to hydrolysis) is 1. The maximum atomic E-state index is 13.2. The SMILES string of the molecule is COc1ccc(N(C)C(=O)C(Cc2cccc(I)c2)NC(=O)OC(C)(C)C)cc1. The maximum absolute atomic E-state index is 13.2. The summed E-state index contributed by atoms with van der Waals surface area (Å²) in [7, 11) is 3.27. The van der Waals surface area contributed by atoms with Gasteiger partial charge in [-0.2, -0.15) is 0 Å². The first-order valence-electron chi connectivity index (χ1n) is 9.24. The summed E-state index contributed by atoms with van der Waals surface area (Å²) in [6.45, 7) is 5.35. The highest BCUT2D eigenvalue weighted by Crippen LogP contribution is 2.20. The van der Waals surface area contributed by atoms with Crippen LogP contribution < -0.4 is 15.0 Å². The highest BCUT2D eigenvalue weighted by molar-refractivity contribution is 14.1. The minimum Gasteiger partial charge on any atom is -0.497 e. The number of amides is 2. The Morgan fingerprint density at radius 3 is 2.34 bits per heavy atom.